The van der Waals surface area contributed by atoms with Crippen LogP contribution in [0.2, 0.25) is 0 Å². The van der Waals surface area contributed by atoms with Crippen LogP contribution >= 0.6 is 0 Å². The van der Waals surface area contributed by atoms with E-state index in [2.05, 4.69) is 15.4 Å². The van der Waals surface area contributed by atoms with E-state index in [0.29, 0.717) is 30.8 Å². The van der Waals surface area contributed by atoms with Crippen molar-refractivity contribution >= 4 is 5.91 Å². The van der Waals surface area contributed by atoms with Crippen molar-refractivity contribution in [2.24, 2.45) is 0 Å². The van der Waals surface area contributed by atoms with Crippen molar-refractivity contribution in [3.8, 4) is 22.8 Å². The number of ether oxygens (including phenoxy) is 1. The van der Waals surface area contributed by atoms with Crippen LogP contribution in [0.3, 0.4) is 0 Å². The van der Waals surface area contributed by atoms with Crippen LogP contribution in [0.1, 0.15) is 12.8 Å². The van der Waals surface area contributed by atoms with Crippen molar-refractivity contribution < 1.29 is 13.9 Å². The van der Waals surface area contributed by atoms with Gasteiger partial charge >= 0.3 is 0 Å². The average Bonchev–Trinajstić information content (AvgIpc) is 3.30. The number of halogens is 1. The van der Waals surface area contributed by atoms with Gasteiger partial charge in [0.2, 0.25) is 5.91 Å². The molecule has 2 aromatic heterocycles. The van der Waals surface area contributed by atoms with Gasteiger partial charge in [-0.2, -0.15) is 5.10 Å². The number of amides is 1. The Balaban J connectivity index is 1.84. The Morgan fingerprint density at radius 3 is 3.00 bits per heavy atom. The summed E-state index contributed by atoms with van der Waals surface area (Å²) in [5.41, 5.74) is 1.36. The normalized spacial score (nSPS) is 10.7. The molecular weight excluding hydrogens is 337 g/mol. The van der Waals surface area contributed by atoms with Crippen molar-refractivity contribution in [1.82, 2.24) is 24.6 Å². The number of aromatic nitrogens is 4. The number of aryl methyl sites for hydroxylation is 1. The molecule has 0 saturated carbocycles. The zero-order chi connectivity index (χ0) is 18.5. The summed E-state index contributed by atoms with van der Waals surface area (Å²) in [7, 11) is 3.05. The van der Waals surface area contributed by atoms with Crippen LogP contribution in [0.5, 0.6) is 5.75 Å². The largest absolute Gasteiger partial charge is 0.493 e. The van der Waals surface area contributed by atoms with Gasteiger partial charge in [-0.1, -0.05) is 6.07 Å². The summed E-state index contributed by atoms with van der Waals surface area (Å²) in [6.45, 7) is 0.626. The lowest BCUT2D eigenvalue weighted by atomic mass is 10.1. The van der Waals surface area contributed by atoms with Gasteiger partial charge in [0.1, 0.15) is 5.82 Å². The van der Waals surface area contributed by atoms with E-state index >= 15 is 0 Å². The van der Waals surface area contributed by atoms with E-state index in [-0.39, 0.29) is 11.7 Å². The number of rotatable bonds is 7. The summed E-state index contributed by atoms with van der Waals surface area (Å²) >= 11 is 0. The highest BCUT2D eigenvalue weighted by atomic mass is 19.1. The maximum atomic E-state index is 14.0. The van der Waals surface area contributed by atoms with Crippen LogP contribution in [0, 0.1) is 5.82 Å². The van der Waals surface area contributed by atoms with Crippen molar-refractivity contribution in [1.29, 1.82) is 0 Å². The molecule has 3 rings (SSSR count). The molecule has 3 aromatic rings. The van der Waals surface area contributed by atoms with Crippen LogP contribution in [0.25, 0.3) is 17.1 Å². The fraction of sp³-hybridized carbons (Fsp3) is 0.278. The van der Waals surface area contributed by atoms with E-state index in [4.69, 9.17) is 4.74 Å². The quantitative estimate of drug-likeness (QED) is 0.705. The molecule has 0 spiro atoms. The van der Waals surface area contributed by atoms with Gasteiger partial charge in [0, 0.05) is 38.6 Å². The molecule has 0 bridgehead atoms. The van der Waals surface area contributed by atoms with Crippen LogP contribution in [-0.2, 0) is 11.3 Å². The second kappa shape index (κ2) is 7.81. The third-order valence-electron chi connectivity index (χ3n) is 4.02. The van der Waals surface area contributed by atoms with Gasteiger partial charge in [-0.3, -0.25) is 14.0 Å². The minimum absolute atomic E-state index is 0.00692. The van der Waals surface area contributed by atoms with Gasteiger partial charge in [0.05, 0.1) is 24.6 Å². The fourth-order valence-corrected chi connectivity index (χ4v) is 2.73. The highest BCUT2D eigenvalue weighted by Crippen LogP contribution is 2.32. The van der Waals surface area contributed by atoms with E-state index in [1.807, 2.05) is 10.8 Å². The molecule has 8 heteroatoms. The van der Waals surface area contributed by atoms with Gasteiger partial charge in [-0.15, -0.1) is 0 Å². The molecule has 2 heterocycles. The van der Waals surface area contributed by atoms with Crippen LogP contribution < -0.4 is 10.1 Å². The standard InChI is InChI=1S/C18H20FN5O2/c1-20-16(25)7-4-9-23-12-13(11-22-23)24-10-8-21-18(24)14-5-3-6-15(19)17(14)26-2/h3,5-6,8,10-12H,4,7,9H2,1-2H3,(H,20,25). The second-order valence-corrected chi connectivity index (χ2v) is 5.68. The van der Waals surface area contributed by atoms with Gasteiger partial charge in [-0.05, 0) is 18.6 Å². The van der Waals surface area contributed by atoms with E-state index < -0.39 is 5.82 Å². The van der Waals surface area contributed by atoms with Gasteiger partial charge < -0.3 is 10.1 Å². The lowest BCUT2D eigenvalue weighted by molar-refractivity contribution is -0.120. The van der Waals surface area contributed by atoms with E-state index in [9.17, 15) is 9.18 Å². The number of para-hydroxylation sites is 1. The molecule has 1 N–H and O–H groups in total. The van der Waals surface area contributed by atoms with Crippen LogP contribution in [0.4, 0.5) is 4.39 Å². The molecule has 1 aromatic carbocycles. The first-order valence-electron chi connectivity index (χ1n) is 8.23. The van der Waals surface area contributed by atoms with E-state index in [0.717, 1.165) is 5.69 Å². The third-order valence-corrected chi connectivity index (χ3v) is 4.02. The van der Waals surface area contributed by atoms with Crippen molar-refractivity contribution in [3.63, 3.8) is 0 Å². The third kappa shape index (κ3) is 3.58. The Hall–Kier alpha value is -3.16. The monoisotopic (exact) mass is 357 g/mol. The SMILES string of the molecule is CNC(=O)CCCn1cc(-n2ccnc2-c2cccc(F)c2OC)cn1. The highest BCUT2D eigenvalue weighted by Gasteiger charge is 2.16. The Bertz CT molecular complexity index is 903. The minimum Gasteiger partial charge on any atom is -0.493 e. The number of hydrogen-bond donors (Lipinski definition) is 1. The topological polar surface area (TPSA) is 74.0 Å². The first-order chi connectivity index (χ1) is 12.6. The molecule has 0 radical (unpaired) electrons. The summed E-state index contributed by atoms with van der Waals surface area (Å²) in [5, 5.41) is 6.92. The van der Waals surface area contributed by atoms with Crippen LogP contribution in [0.15, 0.2) is 43.0 Å². The fourth-order valence-electron chi connectivity index (χ4n) is 2.73. The number of imidazole rings is 1. The average molecular weight is 357 g/mol. The molecule has 7 nitrogen and oxygen atoms in total. The molecule has 0 aliphatic rings. The van der Waals surface area contributed by atoms with Crippen LogP contribution in [-0.4, -0.2) is 39.4 Å². The van der Waals surface area contributed by atoms with Crippen molar-refractivity contribution in [2.75, 3.05) is 14.2 Å². The molecule has 1 amide bonds. The Morgan fingerprint density at radius 1 is 1.38 bits per heavy atom. The maximum Gasteiger partial charge on any atom is 0.219 e. The molecule has 0 aliphatic carbocycles. The molecule has 0 fully saturated rings. The van der Waals surface area contributed by atoms with Gasteiger partial charge in [-0.25, -0.2) is 9.37 Å². The second-order valence-electron chi connectivity index (χ2n) is 5.68. The summed E-state index contributed by atoms with van der Waals surface area (Å²) in [6, 6.07) is 4.73. The summed E-state index contributed by atoms with van der Waals surface area (Å²) < 4.78 is 22.8. The smallest absolute Gasteiger partial charge is 0.219 e. The molecule has 0 atom stereocenters. The zero-order valence-electron chi connectivity index (χ0n) is 14.6. The molecular formula is C18H20FN5O2. The molecule has 0 saturated heterocycles. The summed E-state index contributed by atoms with van der Waals surface area (Å²) in [4.78, 5) is 15.6. The first-order valence-corrected chi connectivity index (χ1v) is 8.23. The highest BCUT2D eigenvalue weighted by molar-refractivity contribution is 5.75. The molecule has 136 valence electrons. The first kappa shape index (κ1) is 17.7. The number of carbonyl (C=O) groups is 1. The molecule has 26 heavy (non-hydrogen) atoms. The van der Waals surface area contributed by atoms with E-state index in [1.54, 1.807) is 42.5 Å². The Kier molecular flexibility index (Phi) is 5.31. The summed E-state index contributed by atoms with van der Waals surface area (Å²) in [5.74, 6) is 0.279. The lowest BCUT2D eigenvalue weighted by Gasteiger charge is -2.10. The number of nitrogens with one attached hydrogen (secondary N) is 1. The van der Waals surface area contributed by atoms with E-state index in [1.165, 1.54) is 13.2 Å². The lowest BCUT2D eigenvalue weighted by Crippen LogP contribution is -2.17. The number of hydrogen-bond acceptors (Lipinski definition) is 4. The predicted octanol–water partition coefficient (Wildman–Crippen LogP) is 2.41. The number of methoxy groups -OCH3 is 1. The Morgan fingerprint density at radius 2 is 2.23 bits per heavy atom. The molecule has 0 aliphatic heterocycles. The van der Waals surface area contributed by atoms with Gasteiger partial charge in [0.25, 0.3) is 0 Å². The Labute approximate surface area is 150 Å². The number of nitrogens with zero attached hydrogens (tertiary/aromatic N) is 4. The molecule has 0 unspecified atom stereocenters. The van der Waals surface area contributed by atoms with Crippen molar-refractivity contribution in [2.45, 2.75) is 19.4 Å². The zero-order valence-corrected chi connectivity index (χ0v) is 14.6. The van der Waals surface area contributed by atoms with Crippen molar-refractivity contribution in [3.05, 3.63) is 48.8 Å². The maximum absolute atomic E-state index is 14.0. The minimum atomic E-state index is -0.440. The van der Waals surface area contributed by atoms with Gasteiger partial charge in [0.15, 0.2) is 11.6 Å². The predicted molar refractivity (Wildman–Crippen MR) is 94.6 cm³/mol. The number of benzene rings is 1. The number of carbonyl (C=O) groups excluding carboxylic acids is 1. The summed E-state index contributed by atoms with van der Waals surface area (Å²) in [6.07, 6.45) is 8.13.